The highest BCUT2D eigenvalue weighted by Gasteiger charge is 2.62. The lowest BCUT2D eigenvalue weighted by Gasteiger charge is -2.58. The molecule has 0 aromatic heterocycles. The van der Waals surface area contributed by atoms with Gasteiger partial charge in [0.15, 0.2) is 0 Å². The Balaban J connectivity index is 2.43. The van der Waals surface area contributed by atoms with Crippen LogP contribution in [0.4, 0.5) is 0 Å². The van der Waals surface area contributed by atoms with E-state index in [2.05, 4.69) is 25.3 Å². The van der Waals surface area contributed by atoms with Gasteiger partial charge in [-0.05, 0) is 44.9 Å². The Morgan fingerprint density at radius 3 is 1.78 bits per heavy atom. The van der Waals surface area contributed by atoms with E-state index in [1.165, 1.54) is 0 Å². The average molecular weight is 248 g/mol. The van der Waals surface area contributed by atoms with E-state index in [1.807, 2.05) is 0 Å². The van der Waals surface area contributed by atoms with E-state index < -0.39 is 16.6 Å². The molecule has 2 rings (SSSR count). The van der Waals surface area contributed by atoms with Crippen LogP contribution in [0, 0.1) is 5.41 Å². The zero-order chi connectivity index (χ0) is 13.3. The van der Waals surface area contributed by atoms with Crippen molar-refractivity contribution in [2.24, 2.45) is 5.41 Å². The van der Waals surface area contributed by atoms with Crippen LogP contribution in [0.3, 0.4) is 0 Å². The van der Waals surface area contributed by atoms with Crippen molar-refractivity contribution in [1.29, 1.82) is 0 Å². The third-order valence-corrected chi connectivity index (χ3v) is 5.03. The van der Waals surface area contributed by atoms with Gasteiger partial charge in [0.25, 0.3) is 0 Å². The third-order valence-electron chi connectivity index (χ3n) is 5.03. The number of aliphatic hydroxyl groups is 2. The number of hydrogen-bond donors (Lipinski definition) is 2. The first-order valence-corrected chi connectivity index (χ1v) is 6.85. The summed E-state index contributed by atoms with van der Waals surface area (Å²) in [5, 5.41) is 22.2. The monoisotopic (exact) mass is 248 g/mol. The Morgan fingerprint density at radius 1 is 0.944 bits per heavy atom. The molecular weight excluding hydrogens is 224 g/mol. The van der Waals surface area contributed by atoms with E-state index >= 15 is 0 Å². The predicted octanol–water partition coefficient (Wildman–Crippen LogP) is 3.12. The Morgan fingerprint density at radius 2 is 1.39 bits per heavy atom. The van der Waals surface area contributed by atoms with Gasteiger partial charge in [-0.25, -0.2) is 0 Å². The number of allylic oxidation sites excluding steroid dienone is 2. The lowest BCUT2D eigenvalue weighted by molar-refractivity contribution is -0.218. The summed E-state index contributed by atoms with van der Waals surface area (Å²) in [6.07, 6.45) is 12.7. The van der Waals surface area contributed by atoms with E-state index in [9.17, 15) is 10.2 Å². The largest absolute Gasteiger partial charge is 0.389 e. The molecule has 2 nitrogen and oxygen atoms in total. The molecule has 0 radical (unpaired) electrons. The van der Waals surface area contributed by atoms with Crippen LogP contribution in [0.25, 0.3) is 0 Å². The Kier molecular flexibility index (Phi) is 3.52. The van der Waals surface area contributed by atoms with Crippen molar-refractivity contribution in [2.45, 2.75) is 56.1 Å². The van der Waals surface area contributed by atoms with Crippen LogP contribution in [0.15, 0.2) is 37.5 Å². The summed E-state index contributed by atoms with van der Waals surface area (Å²) in [4.78, 5) is 0. The zero-order valence-corrected chi connectivity index (χ0v) is 11.1. The van der Waals surface area contributed by atoms with Crippen LogP contribution < -0.4 is 0 Å². The van der Waals surface area contributed by atoms with Crippen molar-refractivity contribution in [3.63, 3.8) is 0 Å². The molecule has 0 aromatic rings. The van der Waals surface area contributed by atoms with E-state index in [-0.39, 0.29) is 0 Å². The first-order valence-electron chi connectivity index (χ1n) is 6.85. The van der Waals surface area contributed by atoms with Gasteiger partial charge in [-0.3, -0.25) is 0 Å². The van der Waals surface area contributed by atoms with Crippen molar-refractivity contribution in [3.05, 3.63) is 37.5 Å². The molecule has 2 aliphatic carbocycles. The zero-order valence-electron chi connectivity index (χ0n) is 11.1. The normalized spacial score (nSPS) is 37.9. The summed E-state index contributed by atoms with van der Waals surface area (Å²) in [6, 6.07) is 0. The second-order valence-corrected chi connectivity index (χ2v) is 5.86. The minimum absolute atomic E-state index is 0.458. The van der Waals surface area contributed by atoms with Crippen molar-refractivity contribution in [2.75, 3.05) is 0 Å². The van der Waals surface area contributed by atoms with Crippen molar-refractivity contribution in [1.82, 2.24) is 0 Å². The maximum Gasteiger partial charge on any atom is 0.0771 e. The molecule has 2 heteroatoms. The third kappa shape index (κ3) is 1.70. The molecule has 1 saturated carbocycles. The Bertz CT molecular complexity index is 337. The lowest BCUT2D eigenvalue weighted by Crippen LogP contribution is -2.63. The maximum atomic E-state index is 11.1. The smallest absolute Gasteiger partial charge is 0.0771 e. The molecule has 18 heavy (non-hydrogen) atoms. The fraction of sp³-hybridized carbons (Fsp3) is 0.625. The summed E-state index contributed by atoms with van der Waals surface area (Å²) in [5.41, 5.74) is -2.14. The Hall–Kier alpha value is -0.860. The first-order chi connectivity index (χ1) is 8.54. The van der Waals surface area contributed by atoms with Crippen molar-refractivity contribution < 1.29 is 10.2 Å². The number of hydrogen-bond acceptors (Lipinski definition) is 2. The highest BCUT2D eigenvalue weighted by Crippen LogP contribution is 2.59. The standard InChI is InChI=1S/C16H24O2/c1-3-8-15(17)12-7-13-16(18,9-4-2)14(15)10-5-6-11-14/h3-6,17-18H,1-2,7-13H2/t15-,16+. The van der Waals surface area contributed by atoms with Gasteiger partial charge in [0, 0.05) is 5.41 Å². The topological polar surface area (TPSA) is 40.5 Å². The van der Waals surface area contributed by atoms with E-state index in [0.29, 0.717) is 12.8 Å². The molecule has 0 amide bonds. The van der Waals surface area contributed by atoms with Gasteiger partial charge < -0.3 is 10.2 Å². The molecule has 2 N–H and O–H groups in total. The highest BCUT2D eigenvalue weighted by atomic mass is 16.3. The van der Waals surface area contributed by atoms with Gasteiger partial charge in [-0.2, -0.15) is 0 Å². The van der Waals surface area contributed by atoms with Gasteiger partial charge in [-0.15, -0.1) is 13.2 Å². The second kappa shape index (κ2) is 4.67. The predicted molar refractivity (Wildman–Crippen MR) is 74.2 cm³/mol. The van der Waals surface area contributed by atoms with Gasteiger partial charge in [0.05, 0.1) is 11.2 Å². The van der Waals surface area contributed by atoms with Crippen LogP contribution >= 0.6 is 0 Å². The maximum absolute atomic E-state index is 11.1. The second-order valence-electron chi connectivity index (χ2n) is 5.86. The van der Waals surface area contributed by atoms with Crippen molar-refractivity contribution in [3.8, 4) is 0 Å². The summed E-state index contributed by atoms with van der Waals surface area (Å²) in [5.74, 6) is 0. The molecule has 1 spiro atoms. The van der Waals surface area contributed by atoms with E-state index in [4.69, 9.17) is 0 Å². The molecule has 0 aliphatic heterocycles. The van der Waals surface area contributed by atoms with Gasteiger partial charge in [0.1, 0.15) is 0 Å². The molecular formula is C16H24O2. The van der Waals surface area contributed by atoms with Crippen LogP contribution in [-0.2, 0) is 0 Å². The highest BCUT2D eigenvalue weighted by molar-refractivity contribution is 5.22. The van der Waals surface area contributed by atoms with Crippen LogP contribution in [0.5, 0.6) is 0 Å². The summed E-state index contributed by atoms with van der Waals surface area (Å²) < 4.78 is 0. The molecule has 2 atom stereocenters. The number of rotatable bonds is 4. The van der Waals surface area contributed by atoms with Crippen LogP contribution in [0.2, 0.25) is 0 Å². The molecule has 100 valence electrons. The minimum Gasteiger partial charge on any atom is -0.389 e. The fourth-order valence-electron chi connectivity index (χ4n) is 4.07. The molecule has 2 aliphatic rings. The lowest BCUT2D eigenvalue weighted by atomic mass is 9.52. The molecule has 0 saturated heterocycles. The van der Waals surface area contributed by atoms with Crippen LogP contribution in [0.1, 0.15) is 44.9 Å². The van der Waals surface area contributed by atoms with Gasteiger partial charge in [-0.1, -0.05) is 24.3 Å². The van der Waals surface area contributed by atoms with Crippen LogP contribution in [-0.4, -0.2) is 21.4 Å². The summed E-state index contributed by atoms with van der Waals surface area (Å²) in [7, 11) is 0. The Labute approximate surface area is 110 Å². The van der Waals surface area contributed by atoms with E-state index in [1.54, 1.807) is 12.2 Å². The quantitative estimate of drug-likeness (QED) is 0.750. The molecule has 0 bridgehead atoms. The molecule has 0 unspecified atom stereocenters. The minimum atomic E-state index is -0.839. The first kappa shape index (κ1) is 13.6. The molecule has 0 heterocycles. The van der Waals surface area contributed by atoms with Crippen molar-refractivity contribution >= 4 is 0 Å². The SMILES string of the molecule is C=CC[C@@]1(O)CCC[C@@](O)(CC=C)C12CC=CC2. The van der Waals surface area contributed by atoms with E-state index in [0.717, 1.165) is 32.1 Å². The molecule has 0 aromatic carbocycles. The summed E-state index contributed by atoms with van der Waals surface area (Å²) >= 11 is 0. The van der Waals surface area contributed by atoms with Gasteiger partial charge in [0.2, 0.25) is 0 Å². The average Bonchev–Trinajstić information content (AvgIpc) is 2.79. The fourth-order valence-corrected chi connectivity index (χ4v) is 4.07. The van der Waals surface area contributed by atoms with Gasteiger partial charge >= 0.3 is 0 Å². The molecule has 1 fully saturated rings. The summed E-state index contributed by atoms with van der Waals surface area (Å²) in [6.45, 7) is 7.53.